The smallest absolute Gasteiger partial charge is 0.248 e. The quantitative estimate of drug-likeness (QED) is 0.620. The first-order valence-corrected chi connectivity index (χ1v) is 6.58. The van der Waals surface area contributed by atoms with Crippen molar-refractivity contribution in [1.82, 2.24) is 4.90 Å². The molecule has 0 aromatic rings. The summed E-state index contributed by atoms with van der Waals surface area (Å²) in [6, 6.07) is 0. The van der Waals surface area contributed by atoms with E-state index in [2.05, 4.69) is 20.4 Å². The minimum atomic E-state index is 0.129. The average Bonchev–Trinajstić information content (AvgIpc) is 2.33. The molecule has 0 N–H and O–H groups in total. The predicted octanol–water partition coefficient (Wildman–Crippen LogP) is 4.02. The number of hydrogen-bond donors (Lipinski definition) is 0. The van der Waals surface area contributed by atoms with Gasteiger partial charge >= 0.3 is 0 Å². The second-order valence-electron chi connectivity index (χ2n) is 3.84. The van der Waals surface area contributed by atoms with Crippen molar-refractivity contribution in [1.29, 1.82) is 0 Å². The van der Waals surface area contributed by atoms with Gasteiger partial charge in [0.05, 0.1) is 0 Å². The molecule has 1 aliphatic rings. The molecule has 0 saturated carbocycles. The summed E-state index contributed by atoms with van der Waals surface area (Å²) < 4.78 is 0. The number of hydrogen-bond acceptors (Lipinski definition) is 1. The van der Waals surface area contributed by atoms with Crippen molar-refractivity contribution in [2.75, 3.05) is 13.1 Å². The van der Waals surface area contributed by atoms with Gasteiger partial charge in [0.15, 0.2) is 0 Å². The third kappa shape index (κ3) is 8.51. The molecular formula is C14H29NO. The van der Waals surface area contributed by atoms with Crippen LogP contribution in [0.4, 0.5) is 0 Å². The van der Waals surface area contributed by atoms with Gasteiger partial charge in [0, 0.05) is 18.7 Å². The van der Waals surface area contributed by atoms with Gasteiger partial charge in [-0.15, -0.1) is 0 Å². The number of carbonyl (C=O) groups excluding carboxylic acids is 1. The summed E-state index contributed by atoms with van der Waals surface area (Å²) in [6.07, 6.45) is 4.82. The molecule has 0 unspecified atom stereocenters. The number of nitrogens with zero attached hydrogens (tertiary/aromatic N) is 1. The molecule has 0 aliphatic carbocycles. The first-order chi connectivity index (χ1) is 7.63. The van der Waals surface area contributed by atoms with Gasteiger partial charge < -0.3 is 4.90 Å². The SMILES string of the molecule is C=C(C)C(=O)N1CCCCC1.CC.CCC. The molecule has 1 heterocycles. The van der Waals surface area contributed by atoms with Gasteiger partial charge in [-0.05, 0) is 26.2 Å². The summed E-state index contributed by atoms with van der Waals surface area (Å²) >= 11 is 0. The highest BCUT2D eigenvalue weighted by Crippen LogP contribution is 2.10. The van der Waals surface area contributed by atoms with Crippen LogP contribution in [0, 0.1) is 0 Å². The highest BCUT2D eigenvalue weighted by molar-refractivity contribution is 5.92. The van der Waals surface area contributed by atoms with Crippen LogP contribution in [0.2, 0.25) is 0 Å². The van der Waals surface area contributed by atoms with E-state index in [0.29, 0.717) is 5.57 Å². The van der Waals surface area contributed by atoms with Crippen molar-refractivity contribution in [2.45, 2.75) is 60.3 Å². The van der Waals surface area contributed by atoms with Crippen molar-refractivity contribution in [3.8, 4) is 0 Å². The molecule has 0 aromatic carbocycles. The molecule has 1 saturated heterocycles. The van der Waals surface area contributed by atoms with E-state index in [4.69, 9.17) is 0 Å². The van der Waals surface area contributed by atoms with Crippen LogP contribution in [0.15, 0.2) is 12.2 Å². The van der Waals surface area contributed by atoms with Crippen molar-refractivity contribution >= 4 is 5.91 Å². The fourth-order valence-electron chi connectivity index (χ4n) is 1.37. The van der Waals surface area contributed by atoms with Gasteiger partial charge in [0.2, 0.25) is 5.91 Å². The van der Waals surface area contributed by atoms with Crippen molar-refractivity contribution in [3.63, 3.8) is 0 Å². The summed E-state index contributed by atoms with van der Waals surface area (Å²) in [5.74, 6) is 0.129. The minimum Gasteiger partial charge on any atom is -0.339 e. The zero-order chi connectivity index (χ0) is 13.0. The molecule has 1 amide bonds. The van der Waals surface area contributed by atoms with E-state index in [1.54, 1.807) is 6.92 Å². The number of carbonyl (C=O) groups is 1. The van der Waals surface area contributed by atoms with Crippen LogP contribution in [0.5, 0.6) is 0 Å². The molecule has 2 nitrogen and oxygen atoms in total. The lowest BCUT2D eigenvalue weighted by Crippen LogP contribution is -2.35. The predicted molar refractivity (Wildman–Crippen MR) is 72.6 cm³/mol. The number of likely N-dealkylation sites (tertiary alicyclic amines) is 1. The van der Waals surface area contributed by atoms with Gasteiger partial charge in [-0.25, -0.2) is 0 Å². The maximum atomic E-state index is 11.3. The zero-order valence-electron chi connectivity index (χ0n) is 11.8. The van der Waals surface area contributed by atoms with E-state index in [0.717, 1.165) is 25.9 Å². The molecular weight excluding hydrogens is 198 g/mol. The van der Waals surface area contributed by atoms with Crippen molar-refractivity contribution in [3.05, 3.63) is 12.2 Å². The first kappa shape index (κ1) is 17.6. The van der Waals surface area contributed by atoms with Crippen LogP contribution in [0.25, 0.3) is 0 Å². The van der Waals surface area contributed by atoms with E-state index < -0.39 is 0 Å². The lowest BCUT2D eigenvalue weighted by Gasteiger charge is -2.26. The van der Waals surface area contributed by atoms with Gasteiger partial charge in [-0.1, -0.05) is 40.7 Å². The molecule has 1 aliphatic heterocycles. The highest BCUT2D eigenvalue weighted by atomic mass is 16.2. The third-order valence-corrected chi connectivity index (χ3v) is 2.01. The first-order valence-electron chi connectivity index (χ1n) is 6.58. The van der Waals surface area contributed by atoms with E-state index >= 15 is 0 Å². The summed E-state index contributed by atoms with van der Waals surface area (Å²) in [7, 11) is 0. The molecule has 0 atom stereocenters. The van der Waals surface area contributed by atoms with Gasteiger partial charge in [0.1, 0.15) is 0 Å². The van der Waals surface area contributed by atoms with Crippen LogP contribution in [-0.2, 0) is 4.79 Å². The molecule has 0 bridgehead atoms. The van der Waals surface area contributed by atoms with E-state index in [1.807, 2.05) is 18.7 Å². The Hall–Kier alpha value is -0.790. The Morgan fingerprint density at radius 1 is 1.12 bits per heavy atom. The Labute approximate surface area is 102 Å². The Morgan fingerprint density at radius 2 is 1.50 bits per heavy atom. The topological polar surface area (TPSA) is 20.3 Å². The molecule has 2 heteroatoms. The minimum absolute atomic E-state index is 0.129. The summed E-state index contributed by atoms with van der Waals surface area (Å²) in [5, 5.41) is 0. The van der Waals surface area contributed by atoms with Gasteiger partial charge in [-0.3, -0.25) is 4.79 Å². The van der Waals surface area contributed by atoms with Crippen molar-refractivity contribution < 1.29 is 4.79 Å². The second-order valence-corrected chi connectivity index (χ2v) is 3.84. The van der Waals surface area contributed by atoms with E-state index in [-0.39, 0.29) is 5.91 Å². The lowest BCUT2D eigenvalue weighted by atomic mass is 10.1. The summed E-state index contributed by atoms with van der Waals surface area (Å²) in [4.78, 5) is 13.2. The molecule has 16 heavy (non-hydrogen) atoms. The Balaban J connectivity index is 0. The van der Waals surface area contributed by atoms with Gasteiger partial charge in [0.25, 0.3) is 0 Å². The van der Waals surface area contributed by atoms with Crippen molar-refractivity contribution in [2.24, 2.45) is 0 Å². The third-order valence-electron chi connectivity index (χ3n) is 2.01. The van der Waals surface area contributed by atoms with Crippen LogP contribution >= 0.6 is 0 Å². The monoisotopic (exact) mass is 227 g/mol. The van der Waals surface area contributed by atoms with Gasteiger partial charge in [-0.2, -0.15) is 0 Å². The number of rotatable bonds is 1. The lowest BCUT2D eigenvalue weighted by molar-refractivity contribution is -0.127. The fourth-order valence-corrected chi connectivity index (χ4v) is 1.37. The summed E-state index contributed by atoms with van der Waals surface area (Å²) in [5.41, 5.74) is 0.659. The highest BCUT2D eigenvalue weighted by Gasteiger charge is 2.15. The molecule has 1 fully saturated rings. The maximum absolute atomic E-state index is 11.3. The second kappa shape index (κ2) is 12.3. The van der Waals surface area contributed by atoms with Crippen LogP contribution in [-0.4, -0.2) is 23.9 Å². The molecule has 1 rings (SSSR count). The normalized spacial score (nSPS) is 13.9. The Kier molecular flexibility index (Phi) is 13.5. The maximum Gasteiger partial charge on any atom is 0.248 e. The number of amides is 1. The fraction of sp³-hybridized carbons (Fsp3) is 0.786. The van der Waals surface area contributed by atoms with Crippen LogP contribution < -0.4 is 0 Å². The standard InChI is InChI=1S/C9H15NO.C3H8.C2H6/c1-8(2)9(11)10-6-4-3-5-7-10;1-3-2;1-2/h1,3-7H2,2H3;3H2,1-2H3;1-2H3. The molecule has 0 radical (unpaired) electrons. The summed E-state index contributed by atoms with van der Waals surface area (Å²) in [6.45, 7) is 15.5. The van der Waals surface area contributed by atoms with E-state index in [1.165, 1.54) is 12.8 Å². The number of piperidine rings is 1. The molecule has 96 valence electrons. The van der Waals surface area contributed by atoms with E-state index in [9.17, 15) is 4.79 Å². The van der Waals surface area contributed by atoms with Crippen LogP contribution in [0.1, 0.15) is 60.3 Å². The zero-order valence-corrected chi connectivity index (χ0v) is 11.8. The largest absolute Gasteiger partial charge is 0.339 e. The Bertz CT molecular complexity index is 181. The molecule has 0 aromatic heterocycles. The molecule has 0 spiro atoms. The van der Waals surface area contributed by atoms with Crippen LogP contribution in [0.3, 0.4) is 0 Å². The average molecular weight is 227 g/mol. The Morgan fingerprint density at radius 3 is 1.81 bits per heavy atom.